The van der Waals surface area contributed by atoms with Crippen molar-refractivity contribution in [3.63, 3.8) is 0 Å². The molecular weight excluding hydrogens is 313 g/mol. The Bertz CT molecular complexity index is 538. The predicted molar refractivity (Wildman–Crippen MR) is 78.4 cm³/mol. The van der Waals surface area contributed by atoms with Crippen LogP contribution in [0.2, 0.25) is 0 Å². The van der Waals surface area contributed by atoms with Gasteiger partial charge in [0.1, 0.15) is 5.82 Å². The maximum absolute atomic E-state index is 13.2. The van der Waals surface area contributed by atoms with Gasteiger partial charge in [0.25, 0.3) is 0 Å². The van der Waals surface area contributed by atoms with E-state index in [4.69, 9.17) is 0 Å². The second-order valence-corrected chi connectivity index (χ2v) is 6.52. The largest absolute Gasteiger partial charge is 0.305 e. The van der Waals surface area contributed by atoms with Crippen molar-refractivity contribution in [1.29, 1.82) is 0 Å². The molecule has 1 atom stereocenters. The summed E-state index contributed by atoms with van der Waals surface area (Å²) in [6.07, 6.45) is 0. The van der Waals surface area contributed by atoms with E-state index in [2.05, 4.69) is 47.2 Å². The Balaban J connectivity index is 1.99. The lowest BCUT2D eigenvalue weighted by Gasteiger charge is -2.14. The van der Waals surface area contributed by atoms with E-state index in [1.807, 2.05) is 12.1 Å². The average molecular weight is 328 g/mol. The molecule has 0 aliphatic heterocycles. The molecular formula is C14H15BrFNS. The molecule has 0 fully saturated rings. The van der Waals surface area contributed by atoms with Gasteiger partial charge in [0, 0.05) is 22.3 Å². The first-order valence-corrected chi connectivity index (χ1v) is 7.41. The molecule has 1 nitrogen and oxygen atoms in total. The lowest BCUT2D eigenvalue weighted by atomic mass is 10.1. The fraction of sp³-hybridized carbons (Fsp3) is 0.286. The van der Waals surface area contributed by atoms with Crippen LogP contribution in [-0.2, 0) is 6.54 Å². The van der Waals surface area contributed by atoms with Crippen LogP contribution in [-0.4, -0.2) is 0 Å². The number of hydrogen-bond acceptors (Lipinski definition) is 2. The van der Waals surface area contributed by atoms with E-state index in [9.17, 15) is 4.39 Å². The van der Waals surface area contributed by atoms with Gasteiger partial charge in [-0.15, -0.1) is 11.3 Å². The van der Waals surface area contributed by atoms with Gasteiger partial charge in [-0.3, -0.25) is 0 Å². The lowest BCUT2D eigenvalue weighted by molar-refractivity contribution is 0.573. The summed E-state index contributed by atoms with van der Waals surface area (Å²) in [7, 11) is 0. The van der Waals surface area contributed by atoms with Gasteiger partial charge >= 0.3 is 0 Å². The van der Waals surface area contributed by atoms with Crippen LogP contribution in [0.5, 0.6) is 0 Å². The second-order valence-electron chi connectivity index (χ2n) is 4.29. The second kappa shape index (κ2) is 5.95. The van der Waals surface area contributed by atoms with E-state index in [0.717, 1.165) is 12.1 Å². The predicted octanol–water partition coefficient (Wildman–Crippen LogP) is 4.81. The highest BCUT2D eigenvalue weighted by Crippen LogP contribution is 2.22. The smallest absolute Gasteiger partial charge is 0.137 e. The van der Waals surface area contributed by atoms with Crippen molar-refractivity contribution < 1.29 is 4.39 Å². The molecule has 0 aliphatic rings. The van der Waals surface area contributed by atoms with Crippen LogP contribution >= 0.6 is 27.3 Å². The highest BCUT2D eigenvalue weighted by Gasteiger charge is 2.08. The first-order valence-electron chi connectivity index (χ1n) is 5.80. The SMILES string of the molecule is Cc1ccc(CNC(C)c2ccc(F)c(Br)c2)s1. The minimum absolute atomic E-state index is 0.198. The average Bonchev–Trinajstić information content (AvgIpc) is 2.75. The normalized spacial score (nSPS) is 12.7. The summed E-state index contributed by atoms with van der Waals surface area (Å²) in [5.41, 5.74) is 1.08. The van der Waals surface area contributed by atoms with Gasteiger partial charge in [0.2, 0.25) is 0 Å². The van der Waals surface area contributed by atoms with Crippen molar-refractivity contribution in [3.8, 4) is 0 Å². The molecule has 96 valence electrons. The molecule has 1 aromatic carbocycles. The Hall–Kier alpha value is -0.710. The van der Waals surface area contributed by atoms with E-state index in [0.29, 0.717) is 4.47 Å². The molecule has 2 aromatic rings. The zero-order chi connectivity index (χ0) is 13.1. The maximum atomic E-state index is 13.2. The molecule has 0 aliphatic carbocycles. The van der Waals surface area contributed by atoms with Gasteiger partial charge in [-0.25, -0.2) is 4.39 Å². The Morgan fingerprint density at radius 3 is 2.72 bits per heavy atom. The van der Waals surface area contributed by atoms with Gasteiger partial charge in [0.15, 0.2) is 0 Å². The summed E-state index contributed by atoms with van der Waals surface area (Å²) >= 11 is 5.01. The summed E-state index contributed by atoms with van der Waals surface area (Å²) in [5.74, 6) is -0.222. The minimum Gasteiger partial charge on any atom is -0.305 e. The summed E-state index contributed by atoms with van der Waals surface area (Å²) in [4.78, 5) is 2.64. The topological polar surface area (TPSA) is 12.0 Å². The monoisotopic (exact) mass is 327 g/mol. The Labute approximate surface area is 119 Å². The quantitative estimate of drug-likeness (QED) is 0.849. The molecule has 18 heavy (non-hydrogen) atoms. The van der Waals surface area contributed by atoms with Gasteiger partial charge in [0.05, 0.1) is 4.47 Å². The Morgan fingerprint density at radius 1 is 1.33 bits per heavy atom. The fourth-order valence-corrected chi connectivity index (χ4v) is 2.97. The summed E-state index contributed by atoms with van der Waals surface area (Å²) in [6, 6.07) is 9.60. The van der Waals surface area contributed by atoms with Crippen LogP contribution in [0.1, 0.15) is 28.3 Å². The van der Waals surface area contributed by atoms with Crippen LogP contribution in [0.4, 0.5) is 4.39 Å². The lowest BCUT2D eigenvalue weighted by Crippen LogP contribution is -2.17. The van der Waals surface area contributed by atoms with E-state index >= 15 is 0 Å². The van der Waals surface area contributed by atoms with Crippen LogP contribution in [0.3, 0.4) is 0 Å². The zero-order valence-electron chi connectivity index (χ0n) is 10.3. The summed E-state index contributed by atoms with van der Waals surface area (Å²) in [6.45, 7) is 5.03. The molecule has 0 spiro atoms. The standard InChI is InChI=1S/C14H15BrFNS/c1-9-3-5-12(18-9)8-17-10(2)11-4-6-14(16)13(15)7-11/h3-7,10,17H,8H2,1-2H3. The summed E-state index contributed by atoms with van der Waals surface area (Å²) in [5, 5.41) is 3.44. The third-order valence-electron chi connectivity index (χ3n) is 2.82. The minimum atomic E-state index is -0.222. The van der Waals surface area contributed by atoms with Gasteiger partial charge in [-0.2, -0.15) is 0 Å². The number of hydrogen-bond donors (Lipinski definition) is 1. The van der Waals surface area contributed by atoms with Gasteiger partial charge in [-0.05, 0) is 59.6 Å². The molecule has 1 aromatic heterocycles. The highest BCUT2D eigenvalue weighted by molar-refractivity contribution is 9.10. The van der Waals surface area contributed by atoms with Crippen molar-refractivity contribution in [1.82, 2.24) is 5.32 Å². The molecule has 0 radical (unpaired) electrons. The molecule has 0 saturated heterocycles. The van der Waals surface area contributed by atoms with Crippen molar-refractivity contribution >= 4 is 27.3 Å². The van der Waals surface area contributed by atoms with Crippen LogP contribution in [0.15, 0.2) is 34.8 Å². The van der Waals surface area contributed by atoms with E-state index in [1.54, 1.807) is 11.3 Å². The third kappa shape index (κ3) is 3.40. The van der Waals surface area contributed by atoms with E-state index < -0.39 is 0 Å². The third-order valence-corrected chi connectivity index (χ3v) is 4.43. The number of halogens is 2. The first kappa shape index (κ1) is 13.7. The molecule has 4 heteroatoms. The Morgan fingerprint density at radius 2 is 2.11 bits per heavy atom. The van der Waals surface area contributed by atoms with Crippen molar-refractivity contribution in [2.24, 2.45) is 0 Å². The zero-order valence-corrected chi connectivity index (χ0v) is 12.7. The van der Waals surface area contributed by atoms with Crippen LogP contribution < -0.4 is 5.32 Å². The van der Waals surface area contributed by atoms with Crippen LogP contribution in [0.25, 0.3) is 0 Å². The Kier molecular flexibility index (Phi) is 4.54. The summed E-state index contributed by atoms with van der Waals surface area (Å²) < 4.78 is 13.7. The number of benzene rings is 1. The molecule has 1 heterocycles. The van der Waals surface area contributed by atoms with Gasteiger partial charge in [-0.1, -0.05) is 6.07 Å². The molecule has 0 amide bonds. The van der Waals surface area contributed by atoms with Crippen molar-refractivity contribution in [2.45, 2.75) is 26.4 Å². The van der Waals surface area contributed by atoms with Crippen molar-refractivity contribution in [2.75, 3.05) is 0 Å². The molecule has 1 N–H and O–H groups in total. The van der Waals surface area contributed by atoms with E-state index in [1.165, 1.54) is 15.8 Å². The van der Waals surface area contributed by atoms with Crippen LogP contribution in [0, 0.1) is 12.7 Å². The van der Waals surface area contributed by atoms with E-state index in [-0.39, 0.29) is 11.9 Å². The number of aryl methyl sites for hydroxylation is 1. The number of rotatable bonds is 4. The van der Waals surface area contributed by atoms with Crippen molar-refractivity contribution in [3.05, 3.63) is 55.9 Å². The highest BCUT2D eigenvalue weighted by atomic mass is 79.9. The molecule has 0 bridgehead atoms. The number of nitrogens with one attached hydrogen (secondary N) is 1. The molecule has 2 rings (SSSR count). The van der Waals surface area contributed by atoms with Gasteiger partial charge < -0.3 is 5.32 Å². The fourth-order valence-electron chi connectivity index (χ4n) is 1.73. The first-order chi connectivity index (χ1) is 8.56. The maximum Gasteiger partial charge on any atom is 0.137 e. The number of thiophene rings is 1. The molecule has 1 unspecified atom stereocenters. The molecule has 0 saturated carbocycles.